The Balaban J connectivity index is 1.49. The van der Waals surface area contributed by atoms with Crippen LogP contribution in [0.25, 0.3) is 0 Å². The Morgan fingerprint density at radius 3 is 1.63 bits per heavy atom. The number of aliphatic hydroxyl groups is 1. The first-order chi connectivity index (χ1) is 16.9. The van der Waals surface area contributed by atoms with Gasteiger partial charge in [0.05, 0.1) is 37.6 Å². The highest BCUT2D eigenvalue weighted by Gasteiger charge is 2.36. The fourth-order valence-electron chi connectivity index (χ4n) is 6.79. The first kappa shape index (κ1) is 27.9. The Morgan fingerprint density at radius 1 is 0.743 bits per heavy atom. The second-order valence-corrected chi connectivity index (χ2v) is 11.1. The van der Waals surface area contributed by atoms with Gasteiger partial charge in [-0.2, -0.15) is 0 Å². The number of hydrogen-bond donors (Lipinski definition) is 1. The van der Waals surface area contributed by atoms with E-state index < -0.39 is 18.5 Å². The molecule has 0 aliphatic heterocycles. The number of hydrogen-bond acceptors (Lipinski definition) is 6. The molecular weight excluding hydrogens is 444 g/mol. The summed E-state index contributed by atoms with van der Waals surface area (Å²) in [6.45, 7) is 7.29. The lowest BCUT2D eigenvalue weighted by Crippen LogP contribution is -2.33. The van der Waals surface area contributed by atoms with Gasteiger partial charge in [-0.05, 0) is 81.0 Å². The largest absolute Gasteiger partial charge is 0.462 e. The van der Waals surface area contributed by atoms with Gasteiger partial charge >= 0.3 is 11.9 Å². The summed E-state index contributed by atoms with van der Waals surface area (Å²) in [5.74, 6) is 2.80. The summed E-state index contributed by atoms with van der Waals surface area (Å²) < 4.78 is 15.9. The topological polar surface area (TPSA) is 82.1 Å². The highest BCUT2D eigenvalue weighted by molar-refractivity contribution is 5.88. The van der Waals surface area contributed by atoms with Crippen LogP contribution in [0.4, 0.5) is 0 Å². The van der Waals surface area contributed by atoms with Gasteiger partial charge in [0.1, 0.15) is 0 Å². The van der Waals surface area contributed by atoms with E-state index in [4.69, 9.17) is 19.3 Å². The SMILES string of the molecule is C=C(CO)C(=O)OCC(COC(=O)C(=C)COC)C1CCC(C2CCC(C3CCCC3)CC2)CC1. The van der Waals surface area contributed by atoms with E-state index in [1.165, 1.54) is 71.3 Å². The summed E-state index contributed by atoms with van der Waals surface area (Å²) in [6, 6.07) is 0. The molecule has 1 unspecified atom stereocenters. The van der Waals surface area contributed by atoms with E-state index >= 15 is 0 Å². The highest BCUT2D eigenvalue weighted by Crippen LogP contribution is 2.46. The molecular formula is C29H46O6. The fourth-order valence-corrected chi connectivity index (χ4v) is 6.79. The fraction of sp³-hybridized carbons (Fsp3) is 0.793. The van der Waals surface area contributed by atoms with Crippen molar-refractivity contribution in [2.45, 2.75) is 77.0 Å². The second-order valence-electron chi connectivity index (χ2n) is 11.1. The molecule has 0 aromatic rings. The third-order valence-corrected chi connectivity index (χ3v) is 8.98. The van der Waals surface area contributed by atoms with Crippen LogP contribution in [0, 0.1) is 35.5 Å². The first-order valence-corrected chi connectivity index (χ1v) is 13.7. The quantitative estimate of drug-likeness (QED) is 0.297. The summed E-state index contributed by atoms with van der Waals surface area (Å²) >= 11 is 0. The van der Waals surface area contributed by atoms with Crippen LogP contribution in [0.3, 0.4) is 0 Å². The van der Waals surface area contributed by atoms with Crippen LogP contribution in [0.5, 0.6) is 0 Å². The smallest absolute Gasteiger partial charge is 0.335 e. The third kappa shape index (κ3) is 8.18. The molecule has 0 bridgehead atoms. The van der Waals surface area contributed by atoms with Gasteiger partial charge in [0.15, 0.2) is 0 Å². The molecule has 0 aromatic carbocycles. The van der Waals surface area contributed by atoms with Crippen LogP contribution < -0.4 is 0 Å². The van der Waals surface area contributed by atoms with Crippen molar-refractivity contribution < 1.29 is 28.9 Å². The number of esters is 2. The molecule has 0 spiro atoms. The van der Waals surface area contributed by atoms with E-state index in [1.807, 2.05) is 0 Å². The zero-order valence-corrected chi connectivity index (χ0v) is 21.7. The maximum Gasteiger partial charge on any atom is 0.335 e. The minimum atomic E-state index is -0.597. The van der Waals surface area contributed by atoms with Gasteiger partial charge in [0.25, 0.3) is 0 Å². The number of carbonyl (C=O) groups is 2. The Morgan fingerprint density at radius 2 is 1.17 bits per heavy atom. The lowest BCUT2D eigenvalue weighted by molar-refractivity contribution is -0.146. The molecule has 0 amide bonds. The normalized spacial score (nSPS) is 28.3. The van der Waals surface area contributed by atoms with E-state index in [0.29, 0.717) is 5.92 Å². The van der Waals surface area contributed by atoms with Crippen LogP contribution in [-0.2, 0) is 23.8 Å². The van der Waals surface area contributed by atoms with Crippen LogP contribution in [0.1, 0.15) is 77.0 Å². The zero-order chi connectivity index (χ0) is 25.2. The highest BCUT2D eigenvalue weighted by atomic mass is 16.5. The molecule has 3 aliphatic rings. The minimum Gasteiger partial charge on any atom is -0.462 e. The van der Waals surface area contributed by atoms with Gasteiger partial charge in [-0.3, -0.25) is 0 Å². The van der Waals surface area contributed by atoms with Gasteiger partial charge in [0.2, 0.25) is 0 Å². The third-order valence-electron chi connectivity index (χ3n) is 8.98. The van der Waals surface area contributed by atoms with E-state index in [9.17, 15) is 9.59 Å². The number of aliphatic hydroxyl groups excluding tert-OH is 1. The molecule has 0 aromatic heterocycles. The summed E-state index contributed by atoms with van der Waals surface area (Å²) in [5, 5.41) is 9.15. The Hall–Kier alpha value is -1.66. The number of rotatable bonds is 12. The summed E-state index contributed by atoms with van der Waals surface area (Å²) in [5.41, 5.74) is 0.306. The lowest BCUT2D eigenvalue weighted by atomic mass is 9.66. The van der Waals surface area contributed by atoms with Crippen molar-refractivity contribution >= 4 is 11.9 Å². The maximum atomic E-state index is 12.2. The second kappa shape index (κ2) is 14.2. The van der Waals surface area contributed by atoms with Gasteiger partial charge < -0.3 is 19.3 Å². The van der Waals surface area contributed by atoms with E-state index in [-0.39, 0.29) is 36.9 Å². The molecule has 1 N–H and O–H groups in total. The average molecular weight is 491 g/mol. The molecule has 35 heavy (non-hydrogen) atoms. The molecule has 0 saturated heterocycles. The number of carbonyl (C=O) groups excluding carboxylic acids is 2. The van der Waals surface area contributed by atoms with Crippen molar-refractivity contribution in [3.63, 3.8) is 0 Å². The predicted octanol–water partition coefficient (Wildman–Crippen LogP) is 5.24. The molecule has 0 radical (unpaired) electrons. The molecule has 0 heterocycles. The minimum absolute atomic E-state index is 0.0335. The molecule has 1 atom stereocenters. The van der Waals surface area contributed by atoms with E-state index in [1.54, 1.807) is 0 Å². The van der Waals surface area contributed by atoms with E-state index in [2.05, 4.69) is 13.2 Å². The molecule has 3 saturated carbocycles. The molecule has 198 valence electrons. The van der Waals surface area contributed by atoms with Crippen LogP contribution in [-0.4, -0.2) is 50.6 Å². The summed E-state index contributed by atoms with van der Waals surface area (Å²) in [4.78, 5) is 24.3. The van der Waals surface area contributed by atoms with Crippen LogP contribution in [0.15, 0.2) is 24.3 Å². The van der Waals surface area contributed by atoms with Crippen molar-refractivity contribution in [3.8, 4) is 0 Å². The molecule has 3 rings (SSSR count). The van der Waals surface area contributed by atoms with Crippen molar-refractivity contribution in [1.82, 2.24) is 0 Å². The Kier molecular flexibility index (Phi) is 11.3. The summed E-state index contributed by atoms with van der Waals surface area (Å²) in [6.07, 6.45) is 15.9. The van der Waals surface area contributed by atoms with E-state index in [0.717, 1.165) is 36.5 Å². The average Bonchev–Trinajstić information content (AvgIpc) is 3.43. The lowest BCUT2D eigenvalue weighted by Gasteiger charge is -2.40. The molecule has 6 heteroatoms. The van der Waals surface area contributed by atoms with Crippen LogP contribution in [0.2, 0.25) is 0 Å². The van der Waals surface area contributed by atoms with Crippen molar-refractivity contribution in [2.24, 2.45) is 35.5 Å². The number of ether oxygens (including phenoxy) is 3. The zero-order valence-electron chi connectivity index (χ0n) is 21.7. The monoisotopic (exact) mass is 490 g/mol. The molecule has 3 aliphatic carbocycles. The van der Waals surface area contributed by atoms with Crippen LogP contribution >= 0.6 is 0 Å². The molecule has 6 nitrogen and oxygen atoms in total. The van der Waals surface area contributed by atoms with Gasteiger partial charge in [0, 0.05) is 13.0 Å². The standard InChI is InChI=1S/C29H46O6/c1-20(16-30)28(31)34-18-27(19-35-29(32)21(2)17-33-3)26-14-12-25(13-15-26)24-10-8-23(9-11-24)22-6-4-5-7-22/h22-27,30H,1-2,4-19H2,3H3. The molecule has 3 fully saturated rings. The van der Waals surface area contributed by atoms with Gasteiger partial charge in [-0.1, -0.05) is 38.8 Å². The van der Waals surface area contributed by atoms with Crippen molar-refractivity contribution in [2.75, 3.05) is 33.5 Å². The van der Waals surface area contributed by atoms with Gasteiger partial charge in [-0.25, -0.2) is 9.59 Å². The van der Waals surface area contributed by atoms with Crippen molar-refractivity contribution in [1.29, 1.82) is 0 Å². The first-order valence-electron chi connectivity index (χ1n) is 13.7. The summed E-state index contributed by atoms with van der Waals surface area (Å²) in [7, 11) is 1.51. The predicted molar refractivity (Wildman–Crippen MR) is 136 cm³/mol. The Labute approximate surface area is 211 Å². The maximum absolute atomic E-state index is 12.2. The number of methoxy groups -OCH3 is 1. The van der Waals surface area contributed by atoms with Gasteiger partial charge in [-0.15, -0.1) is 0 Å². The Bertz CT molecular complexity index is 709. The van der Waals surface area contributed by atoms with Crippen molar-refractivity contribution in [3.05, 3.63) is 24.3 Å².